The molecule has 8 heteroatoms. The average Bonchev–Trinajstić information content (AvgIpc) is 3.16. The molecule has 0 fully saturated rings. The number of carboxylic acid groups (broad SMARTS) is 1. The van der Waals surface area contributed by atoms with Crippen molar-refractivity contribution >= 4 is 65.5 Å². The Morgan fingerprint density at radius 3 is 2.44 bits per heavy atom. The molecule has 0 amide bonds. The third kappa shape index (κ3) is 3.92. The fourth-order valence-electron chi connectivity index (χ4n) is 4.08. The molecule has 0 unspecified atom stereocenters. The first-order chi connectivity index (χ1) is 16.2. The molecule has 1 aromatic heterocycles. The molecule has 1 heterocycles. The number of sulfonamides is 1. The molecule has 34 heavy (non-hydrogen) atoms. The van der Waals surface area contributed by atoms with Crippen LogP contribution in [0.15, 0.2) is 83.1 Å². The van der Waals surface area contributed by atoms with Gasteiger partial charge in [0.05, 0.1) is 11.3 Å². The normalized spacial score (nSPS) is 11.7. The first kappa shape index (κ1) is 22.4. The molecule has 5 nitrogen and oxygen atoms in total. The van der Waals surface area contributed by atoms with Crippen LogP contribution in [-0.4, -0.2) is 19.5 Å². The largest absolute Gasteiger partial charge is 0.478 e. The van der Waals surface area contributed by atoms with Crippen molar-refractivity contribution in [3.8, 4) is 11.1 Å². The monoisotopic (exact) mass is 507 g/mol. The van der Waals surface area contributed by atoms with Gasteiger partial charge in [-0.15, -0.1) is 11.3 Å². The van der Waals surface area contributed by atoms with Crippen LogP contribution >= 0.6 is 22.9 Å². The van der Waals surface area contributed by atoms with E-state index in [1.807, 2.05) is 36.4 Å². The zero-order valence-corrected chi connectivity index (χ0v) is 20.3. The number of nitrogens with one attached hydrogen (secondary N) is 1. The average molecular weight is 508 g/mol. The number of aryl methyl sites for hydroxylation is 1. The van der Waals surface area contributed by atoms with Crippen LogP contribution in [0.4, 0.5) is 5.69 Å². The topological polar surface area (TPSA) is 83.5 Å². The Kier molecular flexibility index (Phi) is 5.56. The second-order valence-corrected chi connectivity index (χ2v) is 11.2. The highest BCUT2D eigenvalue weighted by atomic mass is 35.5. The van der Waals surface area contributed by atoms with E-state index in [-0.39, 0.29) is 9.77 Å². The molecule has 0 aliphatic rings. The van der Waals surface area contributed by atoms with Crippen molar-refractivity contribution in [1.29, 1.82) is 0 Å². The highest BCUT2D eigenvalue weighted by molar-refractivity contribution is 7.95. The van der Waals surface area contributed by atoms with Crippen LogP contribution in [0.1, 0.15) is 15.9 Å². The molecular weight excluding hydrogens is 490 g/mol. The number of fused-ring (bicyclic) bond motifs is 2. The molecule has 0 bridgehead atoms. The number of carboxylic acids is 1. The van der Waals surface area contributed by atoms with Crippen LogP contribution in [0.3, 0.4) is 0 Å². The summed E-state index contributed by atoms with van der Waals surface area (Å²) in [6.45, 7) is 1.78. The van der Waals surface area contributed by atoms with Crippen molar-refractivity contribution in [2.75, 3.05) is 4.72 Å². The van der Waals surface area contributed by atoms with Crippen molar-refractivity contribution in [1.82, 2.24) is 0 Å². The SMILES string of the molecule is Cc1c(S(=O)(=O)Nc2ccc(-c3cccc(C(=O)O)c3)c3ccccc23)sc2ccc(Cl)cc12. The lowest BCUT2D eigenvalue weighted by Gasteiger charge is -2.14. The van der Waals surface area contributed by atoms with Crippen molar-refractivity contribution in [2.24, 2.45) is 0 Å². The predicted molar refractivity (Wildman–Crippen MR) is 139 cm³/mol. The number of hydrogen-bond donors (Lipinski definition) is 2. The standard InChI is InChI=1S/C26H18ClNO4S2/c1-15-22-14-18(27)9-12-24(22)33-26(15)34(31,32)28-23-11-10-19(20-7-2-3-8-21(20)23)16-5-4-6-17(13-16)25(29)30/h2-14,28H,1H3,(H,29,30). The third-order valence-corrected chi connectivity index (χ3v) is 9.18. The van der Waals surface area contributed by atoms with E-state index >= 15 is 0 Å². The number of rotatable bonds is 5. The van der Waals surface area contributed by atoms with E-state index in [4.69, 9.17) is 11.6 Å². The van der Waals surface area contributed by atoms with Crippen molar-refractivity contribution < 1.29 is 18.3 Å². The van der Waals surface area contributed by atoms with Crippen molar-refractivity contribution in [3.63, 3.8) is 0 Å². The Balaban J connectivity index is 1.61. The Labute approximate surface area is 205 Å². The van der Waals surface area contributed by atoms with Gasteiger partial charge in [0.25, 0.3) is 10.0 Å². The lowest BCUT2D eigenvalue weighted by atomic mass is 9.96. The maximum atomic E-state index is 13.4. The summed E-state index contributed by atoms with van der Waals surface area (Å²) in [6, 6.07) is 23.0. The van der Waals surface area contributed by atoms with Gasteiger partial charge in [-0.05, 0) is 70.8 Å². The van der Waals surface area contributed by atoms with Crippen LogP contribution < -0.4 is 4.72 Å². The quantitative estimate of drug-likeness (QED) is 0.264. The number of carbonyl (C=O) groups is 1. The Bertz CT molecular complexity index is 1710. The maximum absolute atomic E-state index is 13.4. The minimum atomic E-state index is -3.86. The van der Waals surface area contributed by atoms with E-state index < -0.39 is 16.0 Å². The molecule has 5 rings (SSSR count). The summed E-state index contributed by atoms with van der Waals surface area (Å²) in [5, 5.41) is 12.3. The van der Waals surface area contributed by atoms with E-state index in [2.05, 4.69) is 4.72 Å². The molecule has 0 spiro atoms. The highest BCUT2D eigenvalue weighted by Gasteiger charge is 2.23. The Hall–Kier alpha value is -3.39. The third-order valence-electron chi connectivity index (χ3n) is 5.69. The molecule has 0 saturated heterocycles. The van der Waals surface area contributed by atoms with Gasteiger partial charge in [0.15, 0.2) is 0 Å². The van der Waals surface area contributed by atoms with Crippen LogP contribution in [0.25, 0.3) is 32.0 Å². The van der Waals surface area contributed by atoms with Crippen molar-refractivity contribution in [2.45, 2.75) is 11.1 Å². The van der Waals surface area contributed by atoms with E-state index in [1.54, 1.807) is 43.3 Å². The molecule has 2 N–H and O–H groups in total. The van der Waals surface area contributed by atoms with Crippen LogP contribution in [0, 0.1) is 6.92 Å². The maximum Gasteiger partial charge on any atom is 0.335 e. The second-order valence-electron chi connectivity index (χ2n) is 7.85. The smallest absolute Gasteiger partial charge is 0.335 e. The highest BCUT2D eigenvalue weighted by Crippen LogP contribution is 2.38. The van der Waals surface area contributed by atoms with Gasteiger partial charge < -0.3 is 5.11 Å². The molecule has 5 aromatic rings. The molecule has 170 valence electrons. The van der Waals surface area contributed by atoms with Gasteiger partial charge in [-0.2, -0.15) is 0 Å². The molecule has 0 aliphatic heterocycles. The van der Waals surface area contributed by atoms with E-state index in [9.17, 15) is 18.3 Å². The number of aromatic carboxylic acids is 1. The molecule has 0 radical (unpaired) electrons. The molecular formula is C26H18ClNO4S2. The first-order valence-corrected chi connectivity index (χ1v) is 13.0. The number of benzene rings is 4. The van der Waals surface area contributed by atoms with Gasteiger partial charge in [-0.25, -0.2) is 13.2 Å². The summed E-state index contributed by atoms with van der Waals surface area (Å²) in [7, 11) is -3.86. The predicted octanol–water partition coefficient (Wildman–Crippen LogP) is 7.18. The van der Waals surface area contributed by atoms with Crippen LogP contribution in [-0.2, 0) is 10.0 Å². The van der Waals surface area contributed by atoms with Crippen molar-refractivity contribution in [3.05, 3.63) is 95.0 Å². The van der Waals surface area contributed by atoms with E-state index in [0.29, 0.717) is 21.7 Å². The van der Waals surface area contributed by atoms with Crippen LogP contribution in [0.2, 0.25) is 5.02 Å². The molecule has 0 saturated carbocycles. The van der Waals surface area contributed by atoms with Gasteiger partial charge in [0.1, 0.15) is 4.21 Å². The lowest BCUT2D eigenvalue weighted by Crippen LogP contribution is -2.13. The lowest BCUT2D eigenvalue weighted by molar-refractivity contribution is 0.0697. The van der Waals surface area contributed by atoms with Gasteiger partial charge in [-0.3, -0.25) is 4.72 Å². The summed E-state index contributed by atoms with van der Waals surface area (Å²) in [6.07, 6.45) is 0. The summed E-state index contributed by atoms with van der Waals surface area (Å²) in [4.78, 5) is 11.4. The molecule has 0 aliphatic carbocycles. The van der Waals surface area contributed by atoms with Crippen LogP contribution in [0.5, 0.6) is 0 Å². The second kappa shape index (κ2) is 8.43. The van der Waals surface area contributed by atoms with E-state index in [1.165, 1.54) is 17.4 Å². The summed E-state index contributed by atoms with van der Waals surface area (Å²) < 4.78 is 30.6. The Morgan fingerprint density at radius 2 is 1.68 bits per heavy atom. The molecule has 0 atom stereocenters. The minimum absolute atomic E-state index is 0.187. The Morgan fingerprint density at radius 1 is 0.912 bits per heavy atom. The van der Waals surface area contributed by atoms with Gasteiger partial charge >= 0.3 is 5.97 Å². The van der Waals surface area contributed by atoms with E-state index in [0.717, 1.165) is 26.6 Å². The van der Waals surface area contributed by atoms with Gasteiger partial charge in [0.2, 0.25) is 0 Å². The molecule has 4 aromatic carbocycles. The number of halogens is 1. The summed E-state index contributed by atoms with van der Waals surface area (Å²) in [5.74, 6) is -1.00. The first-order valence-electron chi connectivity index (χ1n) is 10.3. The summed E-state index contributed by atoms with van der Waals surface area (Å²) >= 11 is 7.31. The fourth-order valence-corrected chi connectivity index (χ4v) is 7.08. The number of hydrogen-bond acceptors (Lipinski definition) is 4. The fraction of sp³-hybridized carbons (Fsp3) is 0.0385. The summed E-state index contributed by atoms with van der Waals surface area (Å²) in [5.41, 5.74) is 2.84. The van der Waals surface area contributed by atoms with Gasteiger partial charge in [-0.1, -0.05) is 54.1 Å². The number of anilines is 1. The zero-order chi connectivity index (χ0) is 24.0. The number of thiophene rings is 1. The minimum Gasteiger partial charge on any atom is -0.478 e. The van der Waals surface area contributed by atoms with Gasteiger partial charge in [0, 0.05) is 15.1 Å². The zero-order valence-electron chi connectivity index (χ0n) is 17.9.